The van der Waals surface area contributed by atoms with Gasteiger partial charge in [-0.25, -0.2) is 12.7 Å². The Bertz CT molecular complexity index is 607. The maximum atomic E-state index is 12.7. The van der Waals surface area contributed by atoms with Gasteiger partial charge in [0, 0.05) is 31.7 Å². The molecule has 5 nitrogen and oxygen atoms in total. The summed E-state index contributed by atoms with van der Waals surface area (Å²) in [6.07, 6.45) is 2.73. The zero-order valence-electron chi connectivity index (χ0n) is 13.3. The van der Waals surface area contributed by atoms with Crippen molar-refractivity contribution in [3.63, 3.8) is 0 Å². The molecule has 1 aliphatic heterocycles. The monoisotopic (exact) mass is 324 g/mol. The Morgan fingerprint density at radius 1 is 1.05 bits per heavy atom. The van der Waals surface area contributed by atoms with Crippen LogP contribution in [-0.4, -0.2) is 38.3 Å². The van der Waals surface area contributed by atoms with Crippen molar-refractivity contribution < 1.29 is 13.2 Å². The smallest absolute Gasteiger partial charge is 0.266 e. The Morgan fingerprint density at radius 2 is 1.68 bits per heavy atom. The van der Waals surface area contributed by atoms with E-state index >= 15 is 0 Å². The molecule has 0 unspecified atom stereocenters. The second kappa shape index (κ2) is 7.13. The van der Waals surface area contributed by atoms with Crippen LogP contribution in [0.5, 0.6) is 0 Å². The number of rotatable bonds is 5. The summed E-state index contributed by atoms with van der Waals surface area (Å²) < 4.78 is 26.4. The highest BCUT2D eigenvalue weighted by Crippen LogP contribution is 2.23. The van der Waals surface area contributed by atoms with E-state index in [9.17, 15) is 13.2 Å². The topological polar surface area (TPSA) is 57.7 Å². The summed E-state index contributed by atoms with van der Waals surface area (Å²) >= 11 is 0. The van der Waals surface area contributed by atoms with Crippen LogP contribution in [0.25, 0.3) is 0 Å². The minimum Gasteiger partial charge on any atom is -0.372 e. The van der Waals surface area contributed by atoms with Gasteiger partial charge >= 0.3 is 0 Å². The molecular formula is C16H24N2O3S. The molecule has 0 N–H and O–H groups in total. The third-order valence-electron chi connectivity index (χ3n) is 4.08. The molecule has 0 radical (unpaired) electrons. The van der Waals surface area contributed by atoms with Gasteiger partial charge in [0.2, 0.25) is 5.91 Å². The molecule has 0 aliphatic carbocycles. The third-order valence-corrected chi connectivity index (χ3v) is 5.92. The van der Waals surface area contributed by atoms with Crippen LogP contribution in [0.2, 0.25) is 0 Å². The Morgan fingerprint density at radius 3 is 2.27 bits per heavy atom. The lowest BCUT2D eigenvalue weighted by Crippen LogP contribution is -2.36. The van der Waals surface area contributed by atoms with Gasteiger partial charge in [0.25, 0.3) is 10.0 Å². The molecule has 0 spiro atoms. The molecule has 22 heavy (non-hydrogen) atoms. The molecule has 1 fully saturated rings. The predicted octanol–water partition coefficient (Wildman–Crippen LogP) is 2.62. The fourth-order valence-corrected chi connectivity index (χ4v) is 4.22. The number of nitrogens with zero attached hydrogens (tertiary/aromatic N) is 2. The zero-order valence-corrected chi connectivity index (χ0v) is 14.1. The van der Waals surface area contributed by atoms with Crippen LogP contribution in [-0.2, 0) is 14.8 Å². The van der Waals surface area contributed by atoms with Gasteiger partial charge < -0.3 is 4.90 Å². The van der Waals surface area contributed by atoms with Crippen LogP contribution in [0.15, 0.2) is 29.2 Å². The average Bonchev–Trinajstić information content (AvgIpc) is 2.74. The van der Waals surface area contributed by atoms with Crippen molar-refractivity contribution in [3.05, 3.63) is 24.3 Å². The van der Waals surface area contributed by atoms with Crippen molar-refractivity contribution in [3.8, 4) is 0 Å². The Balaban J connectivity index is 2.27. The van der Waals surface area contributed by atoms with Gasteiger partial charge in [0.15, 0.2) is 0 Å². The van der Waals surface area contributed by atoms with Gasteiger partial charge in [0.1, 0.15) is 0 Å². The van der Waals surface area contributed by atoms with E-state index in [4.69, 9.17) is 0 Å². The lowest BCUT2D eigenvalue weighted by atomic mass is 10.2. The van der Waals surface area contributed by atoms with Gasteiger partial charge in [-0.1, -0.05) is 6.42 Å². The molecular weight excluding hydrogens is 300 g/mol. The standard InChI is InChI=1S/C16H24N2O3S/c1-3-17(4-2)14-9-11-15(12-10-14)22(20,21)18-13-7-5-6-8-16(18)19/h9-12H,3-8,13H2,1-2H3. The summed E-state index contributed by atoms with van der Waals surface area (Å²) in [6, 6.07) is 6.81. The predicted molar refractivity (Wildman–Crippen MR) is 87.4 cm³/mol. The van der Waals surface area contributed by atoms with Gasteiger partial charge in [-0.3, -0.25) is 4.79 Å². The SMILES string of the molecule is CCN(CC)c1ccc(S(=O)(=O)N2CCCCCC2=O)cc1. The highest BCUT2D eigenvalue weighted by molar-refractivity contribution is 7.89. The molecule has 0 saturated carbocycles. The molecule has 1 aromatic rings. The van der Waals surface area contributed by atoms with E-state index in [1.54, 1.807) is 12.1 Å². The molecule has 122 valence electrons. The normalized spacial score (nSPS) is 16.5. The van der Waals surface area contributed by atoms with Crippen molar-refractivity contribution in [1.82, 2.24) is 4.31 Å². The first-order chi connectivity index (χ1) is 10.5. The maximum Gasteiger partial charge on any atom is 0.266 e. The van der Waals surface area contributed by atoms with Gasteiger partial charge in [-0.05, 0) is 51.0 Å². The summed E-state index contributed by atoms with van der Waals surface area (Å²) in [6.45, 7) is 6.15. The van der Waals surface area contributed by atoms with E-state index in [2.05, 4.69) is 18.7 Å². The summed E-state index contributed by atoms with van der Waals surface area (Å²) in [7, 11) is -3.73. The summed E-state index contributed by atoms with van der Waals surface area (Å²) in [5, 5.41) is 0. The van der Waals surface area contributed by atoms with E-state index in [1.165, 1.54) is 0 Å². The first-order valence-corrected chi connectivity index (χ1v) is 9.35. The highest BCUT2D eigenvalue weighted by atomic mass is 32.2. The average molecular weight is 324 g/mol. The van der Waals surface area contributed by atoms with E-state index in [0.29, 0.717) is 13.0 Å². The van der Waals surface area contributed by atoms with E-state index < -0.39 is 10.0 Å². The Hall–Kier alpha value is -1.56. The Labute approximate surface area is 133 Å². The van der Waals surface area contributed by atoms with Crippen molar-refractivity contribution in [2.24, 2.45) is 0 Å². The maximum absolute atomic E-state index is 12.7. The van der Waals surface area contributed by atoms with E-state index in [1.807, 2.05) is 12.1 Å². The molecule has 2 rings (SSSR count). The van der Waals surface area contributed by atoms with E-state index in [-0.39, 0.29) is 10.8 Å². The summed E-state index contributed by atoms with van der Waals surface area (Å²) in [4.78, 5) is 14.4. The zero-order chi connectivity index (χ0) is 16.2. The van der Waals surface area contributed by atoms with Gasteiger partial charge in [0.05, 0.1) is 4.90 Å². The number of hydrogen-bond donors (Lipinski definition) is 0. The number of amides is 1. The molecule has 1 saturated heterocycles. The van der Waals surface area contributed by atoms with E-state index in [0.717, 1.165) is 42.3 Å². The summed E-state index contributed by atoms with van der Waals surface area (Å²) in [5.74, 6) is -0.287. The summed E-state index contributed by atoms with van der Waals surface area (Å²) in [5.41, 5.74) is 0.992. The number of anilines is 1. The molecule has 0 bridgehead atoms. The molecule has 1 heterocycles. The largest absolute Gasteiger partial charge is 0.372 e. The van der Waals surface area contributed by atoms with Crippen molar-refractivity contribution in [2.75, 3.05) is 24.5 Å². The molecule has 0 aromatic heterocycles. The number of benzene rings is 1. The fraction of sp³-hybridized carbons (Fsp3) is 0.562. The van der Waals surface area contributed by atoms with Crippen LogP contribution in [0, 0.1) is 0 Å². The van der Waals surface area contributed by atoms with Gasteiger partial charge in [-0.2, -0.15) is 0 Å². The van der Waals surface area contributed by atoms with Crippen molar-refractivity contribution in [1.29, 1.82) is 0 Å². The van der Waals surface area contributed by atoms with Crippen LogP contribution >= 0.6 is 0 Å². The molecule has 1 aliphatic rings. The fourth-order valence-electron chi connectivity index (χ4n) is 2.76. The highest BCUT2D eigenvalue weighted by Gasteiger charge is 2.29. The number of carbonyl (C=O) groups excluding carboxylic acids is 1. The lowest BCUT2D eigenvalue weighted by Gasteiger charge is -2.23. The van der Waals surface area contributed by atoms with Crippen LogP contribution in [0.3, 0.4) is 0 Å². The van der Waals surface area contributed by atoms with Crippen LogP contribution < -0.4 is 4.90 Å². The second-order valence-electron chi connectivity index (χ2n) is 5.45. The first kappa shape index (κ1) is 16.8. The first-order valence-electron chi connectivity index (χ1n) is 7.91. The van der Waals surface area contributed by atoms with Crippen molar-refractivity contribution >= 4 is 21.6 Å². The minimum atomic E-state index is -3.73. The van der Waals surface area contributed by atoms with Crippen LogP contribution in [0.4, 0.5) is 5.69 Å². The van der Waals surface area contributed by atoms with Crippen molar-refractivity contribution in [2.45, 2.75) is 44.4 Å². The quantitative estimate of drug-likeness (QED) is 0.835. The molecule has 1 aromatic carbocycles. The van der Waals surface area contributed by atoms with Gasteiger partial charge in [-0.15, -0.1) is 0 Å². The second-order valence-corrected chi connectivity index (χ2v) is 7.31. The third kappa shape index (κ3) is 3.43. The number of sulfonamides is 1. The minimum absolute atomic E-state index is 0.193. The Kier molecular flexibility index (Phi) is 5.45. The molecule has 1 amide bonds. The van der Waals surface area contributed by atoms with Crippen LogP contribution in [0.1, 0.15) is 39.5 Å². The lowest BCUT2D eigenvalue weighted by molar-refractivity contribution is -0.126. The number of hydrogen-bond acceptors (Lipinski definition) is 4. The number of carbonyl (C=O) groups is 1. The molecule has 6 heteroatoms. The molecule has 0 atom stereocenters.